The van der Waals surface area contributed by atoms with Crippen LogP contribution in [0.2, 0.25) is 0 Å². The molecule has 0 atom stereocenters. The lowest BCUT2D eigenvalue weighted by Crippen LogP contribution is -2.11. The maximum atomic E-state index is 12.0. The second-order valence-corrected chi connectivity index (χ2v) is 6.15. The molecule has 0 amide bonds. The van der Waals surface area contributed by atoms with Gasteiger partial charge in [-0.05, 0) is 26.3 Å². The highest BCUT2D eigenvalue weighted by Gasteiger charge is 2.21. The molecule has 0 saturated heterocycles. The van der Waals surface area contributed by atoms with Gasteiger partial charge in [0.2, 0.25) is 0 Å². The SMILES string of the molecule is Cc1cc(S(=O)(=O)CCCCl)c(C#N)c(C)n1. The number of nitrogens with zero attached hydrogens (tertiary/aromatic N) is 2. The quantitative estimate of drug-likeness (QED) is 0.786. The lowest BCUT2D eigenvalue weighted by Gasteiger charge is -2.08. The maximum Gasteiger partial charge on any atom is 0.179 e. The summed E-state index contributed by atoms with van der Waals surface area (Å²) < 4.78 is 24.1. The summed E-state index contributed by atoms with van der Waals surface area (Å²) >= 11 is 5.49. The fourth-order valence-electron chi connectivity index (χ4n) is 1.53. The molecule has 1 aromatic heterocycles. The van der Waals surface area contributed by atoms with E-state index in [1.165, 1.54) is 6.07 Å². The second kappa shape index (κ2) is 5.48. The van der Waals surface area contributed by atoms with Crippen molar-refractivity contribution in [2.45, 2.75) is 25.2 Å². The van der Waals surface area contributed by atoms with Gasteiger partial charge in [0.1, 0.15) is 6.07 Å². The van der Waals surface area contributed by atoms with E-state index in [0.29, 0.717) is 17.8 Å². The number of alkyl halides is 1. The van der Waals surface area contributed by atoms with Gasteiger partial charge >= 0.3 is 0 Å². The molecule has 0 spiro atoms. The monoisotopic (exact) mass is 272 g/mol. The molecule has 92 valence electrons. The van der Waals surface area contributed by atoms with Crippen molar-refractivity contribution in [1.82, 2.24) is 4.98 Å². The molecule has 1 aromatic rings. The Morgan fingerprint density at radius 2 is 2.12 bits per heavy atom. The Bertz CT molecular complexity index is 562. The molecular formula is C11H13ClN2O2S. The van der Waals surface area contributed by atoms with Crippen LogP contribution in [0.4, 0.5) is 0 Å². The van der Waals surface area contributed by atoms with Gasteiger partial charge in [-0.2, -0.15) is 5.26 Å². The number of halogens is 1. The van der Waals surface area contributed by atoms with Crippen LogP contribution in [0.1, 0.15) is 23.4 Å². The zero-order valence-electron chi connectivity index (χ0n) is 9.70. The molecule has 17 heavy (non-hydrogen) atoms. The maximum absolute atomic E-state index is 12.0. The molecule has 0 unspecified atom stereocenters. The van der Waals surface area contributed by atoms with Crippen LogP contribution >= 0.6 is 11.6 Å². The molecule has 0 aliphatic carbocycles. The first-order valence-corrected chi connectivity index (χ1v) is 7.28. The lowest BCUT2D eigenvalue weighted by atomic mass is 10.2. The van der Waals surface area contributed by atoms with E-state index in [9.17, 15) is 8.42 Å². The van der Waals surface area contributed by atoms with Crippen LogP contribution in [-0.2, 0) is 9.84 Å². The van der Waals surface area contributed by atoms with Crippen LogP contribution in [0, 0.1) is 25.2 Å². The minimum atomic E-state index is -3.46. The molecule has 0 aliphatic heterocycles. The summed E-state index contributed by atoms with van der Waals surface area (Å²) in [4.78, 5) is 4.15. The molecule has 1 rings (SSSR count). The summed E-state index contributed by atoms with van der Waals surface area (Å²) in [5.74, 6) is 0.234. The summed E-state index contributed by atoms with van der Waals surface area (Å²) in [5.41, 5.74) is 1.16. The van der Waals surface area contributed by atoms with E-state index < -0.39 is 9.84 Å². The predicted molar refractivity (Wildman–Crippen MR) is 65.8 cm³/mol. The van der Waals surface area contributed by atoms with Crippen LogP contribution in [0.25, 0.3) is 0 Å². The van der Waals surface area contributed by atoms with Gasteiger partial charge in [0.05, 0.1) is 21.9 Å². The van der Waals surface area contributed by atoms with Gasteiger partial charge in [0.15, 0.2) is 9.84 Å². The Kier molecular flexibility index (Phi) is 4.49. The molecule has 0 saturated carbocycles. The molecule has 0 N–H and O–H groups in total. The average Bonchev–Trinajstić information content (AvgIpc) is 2.25. The van der Waals surface area contributed by atoms with Crippen LogP contribution in [0.15, 0.2) is 11.0 Å². The summed E-state index contributed by atoms with van der Waals surface area (Å²) in [6, 6.07) is 3.34. The van der Waals surface area contributed by atoms with Crippen LogP contribution in [-0.4, -0.2) is 25.0 Å². The number of aryl methyl sites for hydroxylation is 2. The topological polar surface area (TPSA) is 70.8 Å². The van der Waals surface area contributed by atoms with Crippen molar-refractivity contribution in [3.05, 3.63) is 23.0 Å². The molecule has 0 aromatic carbocycles. The fourth-order valence-corrected chi connectivity index (χ4v) is 3.42. The van der Waals surface area contributed by atoms with E-state index in [0.717, 1.165) is 0 Å². The first kappa shape index (κ1) is 13.9. The molecule has 0 radical (unpaired) electrons. The minimum Gasteiger partial charge on any atom is -0.257 e. The van der Waals surface area contributed by atoms with E-state index in [2.05, 4.69) is 4.98 Å². The van der Waals surface area contributed by atoms with E-state index in [-0.39, 0.29) is 22.1 Å². The van der Waals surface area contributed by atoms with Crippen LogP contribution < -0.4 is 0 Å². The van der Waals surface area contributed by atoms with Gasteiger partial charge in [-0.1, -0.05) is 0 Å². The Morgan fingerprint density at radius 1 is 1.47 bits per heavy atom. The second-order valence-electron chi connectivity index (χ2n) is 3.70. The Morgan fingerprint density at radius 3 is 2.65 bits per heavy atom. The number of pyridine rings is 1. The smallest absolute Gasteiger partial charge is 0.179 e. The number of rotatable bonds is 4. The first-order chi connectivity index (χ1) is 7.92. The van der Waals surface area contributed by atoms with Gasteiger partial charge in [0, 0.05) is 11.6 Å². The van der Waals surface area contributed by atoms with Crippen molar-refractivity contribution in [3.63, 3.8) is 0 Å². The van der Waals surface area contributed by atoms with Gasteiger partial charge in [-0.3, -0.25) is 4.98 Å². The van der Waals surface area contributed by atoms with Gasteiger partial charge in [-0.25, -0.2) is 8.42 Å². The Labute approximate surface area is 106 Å². The summed E-state index contributed by atoms with van der Waals surface area (Å²) in [6.07, 6.45) is 0.370. The van der Waals surface area contributed by atoms with E-state index >= 15 is 0 Å². The third-order valence-electron chi connectivity index (χ3n) is 2.29. The first-order valence-electron chi connectivity index (χ1n) is 5.09. The van der Waals surface area contributed by atoms with E-state index in [1.54, 1.807) is 13.8 Å². The standard InChI is InChI=1S/C11H13ClN2O2S/c1-8-6-11(10(7-13)9(2)14-8)17(15,16)5-3-4-12/h6H,3-5H2,1-2H3. The van der Waals surface area contributed by atoms with E-state index in [1.807, 2.05) is 6.07 Å². The zero-order valence-corrected chi connectivity index (χ0v) is 11.3. The highest BCUT2D eigenvalue weighted by Crippen LogP contribution is 2.20. The predicted octanol–water partition coefficient (Wildman–Crippen LogP) is 1.97. The molecule has 0 fully saturated rings. The average molecular weight is 273 g/mol. The third-order valence-corrected chi connectivity index (χ3v) is 4.37. The van der Waals surface area contributed by atoms with Gasteiger partial charge < -0.3 is 0 Å². The lowest BCUT2D eigenvalue weighted by molar-refractivity contribution is 0.594. The Balaban J connectivity index is 3.36. The molecule has 4 nitrogen and oxygen atoms in total. The molecule has 6 heteroatoms. The largest absolute Gasteiger partial charge is 0.257 e. The molecular weight excluding hydrogens is 260 g/mol. The summed E-state index contributed by atoms with van der Waals surface area (Å²) in [5, 5.41) is 9.00. The van der Waals surface area contributed by atoms with Crippen molar-refractivity contribution in [2.75, 3.05) is 11.6 Å². The Hall–Kier alpha value is -1.12. The molecule has 0 bridgehead atoms. The zero-order chi connectivity index (χ0) is 13.1. The number of nitriles is 1. The number of sulfone groups is 1. The number of hydrogen-bond donors (Lipinski definition) is 0. The summed E-state index contributed by atoms with van der Waals surface area (Å²) in [7, 11) is -3.46. The fraction of sp³-hybridized carbons (Fsp3) is 0.455. The van der Waals surface area contributed by atoms with Gasteiger partial charge in [-0.15, -0.1) is 11.6 Å². The summed E-state index contributed by atoms with van der Waals surface area (Å²) in [6.45, 7) is 3.33. The molecule has 1 heterocycles. The highest BCUT2D eigenvalue weighted by atomic mass is 35.5. The van der Waals surface area contributed by atoms with Crippen molar-refractivity contribution in [1.29, 1.82) is 5.26 Å². The number of hydrogen-bond acceptors (Lipinski definition) is 4. The van der Waals surface area contributed by atoms with E-state index in [4.69, 9.17) is 16.9 Å². The normalized spacial score (nSPS) is 11.2. The van der Waals surface area contributed by atoms with Gasteiger partial charge in [0.25, 0.3) is 0 Å². The number of aromatic nitrogens is 1. The van der Waals surface area contributed by atoms with Crippen molar-refractivity contribution in [3.8, 4) is 6.07 Å². The van der Waals surface area contributed by atoms with Crippen LogP contribution in [0.3, 0.4) is 0 Å². The third kappa shape index (κ3) is 3.18. The van der Waals surface area contributed by atoms with Crippen molar-refractivity contribution in [2.24, 2.45) is 0 Å². The van der Waals surface area contributed by atoms with Crippen LogP contribution in [0.5, 0.6) is 0 Å². The highest BCUT2D eigenvalue weighted by molar-refractivity contribution is 7.91. The molecule has 0 aliphatic rings. The minimum absolute atomic E-state index is 0.0475. The van der Waals surface area contributed by atoms with Crippen molar-refractivity contribution >= 4 is 21.4 Å². The van der Waals surface area contributed by atoms with Crippen molar-refractivity contribution < 1.29 is 8.42 Å².